The lowest BCUT2D eigenvalue weighted by atomic mass is 10.1. The third-order valence-electron chi connectivity index (χ3n) is 2.77. The SMILES string of the molecule is COC(C)(C)CCOc1cc(C(=O)O)ccc1N. The maximum Gasteiger partial charge on any atom is 0.335 e. The molecule has 1 aromatic rings. The van der Waals surface area contributed by atoms with E-state index < -0.39 is 5.97 Å². The van der Waals surface area contributed by atoms with Crippen molar-refractivity contribution in [2.45, 2.75) is 25.9 Å². The number of anilines is 1. The lowest BCUT2D eigenvalue weighted by Crippen LogP contribution is -2.25. The molecule has 100 valence electrons. The van der Waals surface area contributed by atoms with Crippen LogP contribution in [0.15, 0.2) is 18.2 Å². The highest BCUT2D eigenvalue weighted by Crippen LogP contribution is 2.24. The van der Waals surface area contributed by atoms with E-state index in [4.69, 9.17) is 20.3 Å². The molecule has 0 saturated heterocycles. The van der Waals surface area contributed by atoms with Gasteiger partial charge in [-0.25, -0.2) is 4.79 Å². The first-order valence-electron chi connectivity index (χ1n) is 5.66. The van der Waals surface area contributed by atoms with Gasteiger partial charge in [-0.1, -0.05) is 0 Å². The second kappa shape index (κ2) is 5.73. The second-order valence-corrected chi connectivity index (χ2v) is 4.62. The molecule has 0 fully saturated rings. The van der Waals surface area contributed by atoms with E-state index >= 15 is 0 Å². The van der Waals surface area contributed by atoms with Crippen molar-refractivity contribution in [3.05, 3.63) is 23.8 Å². The summed E-state index contributed by atoms with van der Waals surface area (Å²) in [4.78, 5) is 10.8. The van der Waals surface area contributed by atoms with Crippen LogP contribution in [0.3, 0.4) is 0 Å². The van der Waals surface area contributed by atoms with Crippen molar-refractivity contribution in [1.82, 2.24) is 0 Å². The van der Waals surface area contributed by atoms with E-state index in [1.165, 1.54) is 18.2 Å². The number of methoxy groups -OCH3 is 1. The fraction of sp³-hybridized carbons (Fsp3) is 0.462. The smallest absolute Gasteiger partial charge is 0.335 e. The molecule has 0 saturated carbocycles. The summed E-state index contributed by atoms with van der Waals surface area (Å²) in [6.45, 7) is 4.31. The van der Waals surface area contributed by atoms with Crippen molar-refractivity contribution in [2.24, 2.45) is 0 Å². The molecule has 5 heteroatoms. The van der Waals surface area contributed by atoms with Gasteiger partial charge in [0.25, 0.3) is 0 Å². The van der Waals surface area contributed by atoms with E-state index in [2.05, 4.69) is 0 Å². The zero-order valence-electron chi connectivity index (χ0n) is 10.9. The summed E-state index contributed by atoms with van der Waals surface area (Å²) in [7, 11) is 1.64. The quantitative estimate of drug-likeness (QED) is 0.759. The van der Waals surface area contributed by atoms with Gasteiger partial charge in [-0.05, 0) is 32.0 Å². The van der Waals surface area contributed by atoms with Crippen LogP contribution in [0.2, 0.25) is 0 Å². The minimum Gasteiger partial charge on any atom is -0.491 e. The minimum absolute atomic E-state index is 0.158. The lowest BCUT2D eigenvalue weighted by molar-refractivity contribution is 0.00549. The van der Waals surface area contributed by atoms with Gasteiger partial charge in [0.05, 0.1) is 23.5 Å². The third kappa shape index (κ3) is 3.92. The first-order chi connectivity index (χ1) is 8.35. The molecule has 0 radical (unpaired) electrons. The Bertz CT molecular complexity index is 429. The van der Waals surface area contributed by atoms with Crippen molar-refractivity contribution in [1.29, 1.82) is 0 Å². The molecule has 18 heavy (non-hydrogen) atoms. The number of carboxylic acids is 1. The lowest BCUT2D eigenvalue weighted by Gasteiger charge is -2.22. The average Bonchev–Trinajstić information content (AvgIpc) is 2.31. The van der Waals surface area contributed by atoms with E-state index in [9.17, 15) is 4.79 Å². The summed E-state index contributed by atoms with van der Waals surface area (Å²) >= 11 is 0. The molecule has 3 N–H and O–H groups in total. The number of nitrogen functional groups attached to an aromatic ring is 1. The van der Waals surface area contributed by atoms with Crippen LogP contribution in [0, 0.1) is 0 Å². The van der Waals surface area contributed by atoms with Gasteiger partial charge in [-0.15, -0.1) is 0 Å². The largest absolute Gasteiger partial charge is 0.491 e. The monoisotopic (exact) mass is 253 g/mol. The molecule has 0 aliphatic heterocycles. The standard InChI is InChI=1S/C13H19NO4/c1-13(2,17-3)6-7-18-11-8-9(12(15)16)4-5-10(11)14/h4-5,8H,6-7,14H2,1-3H3,(H,15,16). The van der Waals surface area contributed by atoms with Crippen molar-refractivity contribution < 1.29 is 19.4 Å². The highest BCUT2D eigenvalue weighted by atomic mass is 16.5. The van der Waals surface area contributed by atoms with E-state index in [1.54, 1.807) is 7.11 Å². The van der Waals surface area contributed by atoms with Gasteiger partial charge in [0, 0.05) is 13.5 Å². The van der Waals surface area contributed by atoms with Crippen LogP contribution in [-0.4, -0.2) is 30.4 Å². The van der Waals surface area contributed by atoms with E-state index in [0.29, 0.717) is 24.5 Å². The Morgan fingerprint density at radius 1 is 1.44 bits per heavy atom. The normalized spacial score (nSPS) is 11.3. The molecule has 1 aromatic carbocycles. The molecule has 1 rings (SSSR count). The van der Waals surface area contributed by atoms with Gasteiger partial charge in [-0.2, -0.15) is 0 Å². The van der Waals surface area contributed by atoms with Crippen LogP contribution in [0.1, 0.15) is 30.6 Å². The maximum absolute atomic E-state index is 10.8. The number of nitrogens with two attached hydrogens (primary N) is 1. The molecule has 0 bridgehead atoms. The van der Waals surface area contributed by atoms with Gasteiger partial charge >= 0.3 is 5.97 Å². The number of hydrogen-bond donors (Lipinski definition) is 2. The van der Waals surface area contributed by atoms with Crippen molar-refractivity contribution in [3.63, 3.8) is 0 Å². The highest BCUT2D eigenvalue weighted by Gasteiger charge is 2.16. The van der Waals surface area contributed by atoms with E-state index in [1.807, 2.05) is 13.8 Å². The Balaban J connectivity index is 2.67. The molecule has 0 unspecified atom stereocenters. The average molecular weight is 253 g/mol. The molecule has 5 nitrogen and oxygen atoms in total. The molecule has 0 aliphatic carbocycles. The highest BCUT2D eigenvalue weighted by molar-refractivity contribution is 5.89. The van der Waals surface area contributed by atoms with Gasteiger partial charge < -0.3 is 20.3 Å². The van der Waals surface area contributed by atoms with Crippen LogP contribution in [0.25, 0.3) is 0 Å². The fourth-order valence-electron chi connectivity index (χ4n) is 1.30. The Morgan fingerprint density at radius 2 is 2.11 bits per heavy atom. The predicted octanol–water partition coefficient (Wildman–Crippen LogP) is 2.16. The number of rotatable bonds is 6. The number of ether oxygens (including phenoxy) is 2. The molecule has 0 spiro atoms. The van der Waals surface area contributed by atoms with Crippen molar-refractivity contribution in [3.8, 4) is 5.75 Å². The van der Waals surface area contributed by atoms with E-state index in [0.717, 1.165) is 0 Å². The number of aromatic carboxylic acids is 1. The van der Waals surface area contributed by atoms with Gasteiger partial charge in [0.2, 0.25) is 0 Å². The summed E-state index contributed by atoms with van der Waals surface area (Å²) in [6, 6.07) is 4.40. The number of carbonyl (C=O) groups is 1. The molecule has 0 atom stereocenters. The third-order valence-corrected chi connectivity index (χ3v) is 2.77. The molecular formula is C13H19NO4. The Morgan fingerprint density at radius 3 is 2.67 bits per heavy atom. The summed E-state index contributed by atoms with van der Waals surface area (Å²) in [5.41, 5.74) is 6.03. The molecule has 0 aliphatic rings. The maximum atomic E-state index is 10.8. The number of hydrogen-bond acceptors (Lipinski definition) is 4. The van der Waals surface area contributed by atoms with E-state index in [-0.39, 0.29) is 11.2 Å². The van der Waals surface area contributed by atoms with Crippen LogP contribution < -0.4 is 10.5 Å². The van der Waals surface area contributed by atoms with Gasteiger partial charge in [0.15, 0.2) is 0 Å². The first-order valence-corrected chi connectivity index (χ1v) is 5.66. The van der Waals surface area contributed by atoms with Crippen LogP contribution in [-0.2, 0) is 4.74 Å². The molecular weight excluding hydrogens is 234 g/mol. The summed E-state index contributed by atoms with van der Waals surface area (Å²) < 4.78 is 10.8. The topological polar surface area (TPSA) is 81.8 Å². The van der Waals surface area contributed by atoms with Gasteiger partial charge in [0.1, 0.15) is 5.75 Å². The Kier molecular flexibility index (Phi) is 4.55. The Hall–Kier alpha value is -1.75. The molecule has 0 aromatic heterocycles. The van der Waals surface area contributed by atoms with Crippen LogP contribution in [0.5, 0.6) is 5.75 Å². The van der Waals surface area contributed by atoms with Crippen LogP contribution in [0.4, 0.5) is 5.69 Å². The van der Waals surface area contributed by atoms with Gasteiger partial charge in [-0.3, -0.25) is 0 Å². The number of benzene rings is 1. The van der Waals surface area contributed by atoms with Crippen LogP contribution >= 0.6 is 0 Å². The number of carboxylic acid groups (broad SMARTS) is 1. The zero-order chi connectivity index (χ0) is 13.8. The zero-order valence-corrected chi connectivity index (χ0v) is 10.9. The summed E-state index contributed by atoms with van der Waals surface area (Å²) in [5.74, 6) is -0.612. The van der Waals surface area contributed by atoms with Crippen molar-refractivity contribution in [2.75, 3.05) is 19.5 Å². The minimum atomic E-state index is -1.00. The summed E-state index contributed by atoms with van der Waals surface area (Å²) in [5, 5.41) is 8.88. The molecule has 0 heterocycles. The van der Waals surface area contributed by atoms with Crippen molar-refractivity contribution >= 4 is 11.7 Å². The first kappa shape index (κ1) is 14.3. The predicted molar refractivity (Wildman–Crippen MR) is 69.0 cm³/mol. The second-order valence-electron chi connectivity index (χ2n) is 4.62. The summed E-state index contributed by atoms with van der Waals surface area (Å²) in [6.07, 6.45) is 0.681. The Labute approximate surface area is 107 Å². The fourth-order valence-corrected chi connectivity index (χ4v) is 1.30. The molecule has 0 amide bonds.